The Morgan fingerprint density at radius 2 is 1.69 bits per heavy atom. The Morgan fingerprint density at radius 3 is 2.35 bits per heavy atom. The Bertz CT molecular complexity index is 831. The van der Waals surface area contributed by atoms with Crippen molar-refractivity contribution in [3.8, 4) is 5.75 Å². The summed E-state index contributed by atoms with van der Waals surface area (Å²) in [5.41, 5.74) is 3.18. The maximum atomic E-state index is 12.2. The number of aromatic nitrogens is 1. The van der Waals surface area contributed by atoms with Gasteiger partial charge in [0.25, 0.3) is 5.91 Å². The highest BCUT2D eigenvalue weighted by Crippen LogP contribution is 2.19. The van der Waals surface area contributed by atoms with Gasteiger partial charge in [0.05, 0.1) is 18.5 Å². The molecule has 3 aromatic rings. The number of hydrogen-bond donors (Lipinski definition) is 2. The number of carbonyl (C=O) groups is 1. The normalized spacial score (nSPS) is 10.2. The fourth-order valence-electron chi connectivity index (χ4n) is 2.44. The van der Waals surface area contributed by atoms with Crippen LogP contribution in [0.4, 0.5) is 11.4 Å². The molecule has 1 heterocycles. The van der Waals surface area contributed by atoms with Crippen LogP contribution in [0.2, 0.25) is 0 Å². The van der Waals surface area contributed by atoms with Gasteiger partial charge in [0.2, 0.25) is 0 Å². The second-order valence-corrected chi connectivity index (χ2v) is 5.68. The molecule has 0 aliphatic carbocycles. The van der Waals surface area contributed by atoms with Crippen molar-refractivity contribution in [2.75, 3.05) is 11.9 Å². The largest absolute Gasteiger partial charge is 0.494 e. The van der Waals surface area contributed by atoms with E-state index >= 15 is 0 Å². The van der Waals surface area contributed by atoms with Crippen molar-refractivity contribution < 1.29 is 9.53 Å². The summed E-state index contributed by atoms with van der Waals surface area (Å²) < 4.78 is 5.42. The van der Waals surface area contributed by atoms with Gasteiger partial charge in [-0.25, -0.2) is 4.98 Å². The first kappa shape index (κ1) is 17.5. The average molecular weight is 347 g/mol. The minimum absolute atomic E-state index is 0.193. The number of anilines is 2. The molecule has 0 fully saturated rings. The lowest BCUT2D eigenvalue weighted by atomic mass is 10.2. The Balaban J connectivity index is 1.56. The van der Waals surface area contributed by atoms with Crippen molar-refractivity contribution >= 4 is 17.3 Å². The van der Waals surface area contributed by atoms with E-state index in [-0.39, 0.29) is 5.91 Å². The van der Waals surface area contributed by atoms with Crippen LogP contribution in [0.25, 0.3) is 0 Å². The average Bonchev–Trinajstić information content (AvgIpc) is 2.69. The Hall–Kier alpha value is -3.34. The molecular weight excluding hydrogens is 326 g/mol. The zero-order chi connectivity index (χ0) is 18.2. The van der Waals surface area contributed by atoms with E-state index in [1.54, 1.807) is 12.3 Å². The van der Waals surface area contributed by atoms with E-state index in [1.165, 1.54) is 0 Å². The molecule has 0 aliphatic rings. The first-order chi connectivity index (χ1) is 12.7. The summed E-state index contributed by atoms with van der Waals surface area (Å²) >= 11 is 0. The number of carbonyl (C=O) groups excluding carboxylic acids is 1. The first-order valence-electron chi connectivity index (χ1n) is 8.52. The van der Waals surface area contributed by atoms with Crippen molar-refractivity contribution in [3.05, 3.63) is 84.2 Å². The van der Waals surface area contributed by atoms with Crippen LogP contribution in [0.5, 0.6) is 5.75 Å². The van der Waals surface area contributed by atoms with Crippen LogP contribution >= 0.6 is 0 Å². The molecule has 0 saturated carbocycles. The minimum atomic E-state index is -0.193. The summed E-state index contributed by atoms with van der Waals surface area (Å²) in [4.78, 5) is 16.4. The quantitative estimate of drug-likeness (QED) is 0.674. The van der Waals surface area contributed by atoms with Gasteiger partial charge >= 0.3 is 0 Å². The SMILES string of the molecule is CCOc1ccc(Nc2ccc(C(=O)NCc3ccccc3)nc2)cc1. The molecule has 1 amide bonds. The Labute approximate surface area is 153 Å². The molecule has 5 heteroatoms. The third kappa shape index (κ3) is 4.83. The molecule has 0 spiro atoms. The van der Waals surface area contributed by atoms with E-state index in [9.17, 15) is 4.79 Å². The standard InChI is InChI=1S/C21H21N3O2/c1-2-26-19-11-8-17(9-12-19)24-18-10-13-20(22-15-18)21(25)23-14-16-6-4-3-5-7-16/h3-13,15,24H,2,14H2,1H3,(H,23,25). The number of rotatable bonds is 7. The molecule has 5 nitrogen and oxygen atoms in total. The van der Waals surface area contributed by atoms with E-state index in [2.05, 4.69) is 15.6 Å². The molecule has 2 N–H and O–H groups in total. The van der Waals surface area contributed by atoms with E-state index in [0.717, 1.165) is 22.7 Å². The summed E-state index contributed by atoms with van der Waals surface area (Å²) in [5, 5.41) is 6.11. The van der Waals surface area contributed by atoms with Gasteiger partial charge in [-0.3, -0.25) is 4.79 Å². The highest BCUT2D eigenvalue weighted by Gasteiger charge is 2.07. The van der Waals surface area contributed by atoms with Crippen molar-refractivity contribution in [2.24, 2.45) is 0 Å². The van der Waals surface area contributed by atoms with E-state index < -0.39 is 0 Å². The number of nitrogens with zero attached hydrogens (tertiary/aromatic N) is 1. The van der Waals surface area contributed by atoms with Gasteiger partial charge in [-0.2, -0.15) is 0 Å². The second kappa shape index (κ2) is 8.67. The van der Waals surface area contributed by atoms with Crippen LogP contribution in [-0.4, -0.2) is 17.5 Å². The fourth-order valence-corrected chi connectivity index (χ4v) is 2.44. The predicted octanol–water partition coefficient (Wildman–Crippen LogP) is 4.15. The second-order valence-electron chi connectivity index (χ2n) is 5.68. The van der Waals surface area contributed by atoms with Crippen LogP contribution < -0.4 is 15.4 Å². The minimum Gasteiger partial charge on any atom is -0.494 e. The Morgan fingerprint density at radius 1 is 0.962 bits per heavy atom. The third-order valence-corrected chi connectivity index (χ3v) is 3.75. The summed E-state index contributed by atoms with van der Waals surface area (Å²) in [6.45, 7) is 3.08. The molecule has 3 rings (SSSR count). The number of ether oxygens (including phenoxy) is 1. The van der Waals surface area contributed by atoms with Crippen LogP contribution in [-0.2, 0) is 6.54 Å². The maximum Gasteiger partial charge on any atom is 0.270 e. The van der Waals surface area contributed by atoms with Gasteiger partial charge in [0.15, 0.2) is 0 Å². The molecule has 0 aliphatic heterocycles. The number of benzene rings is 2. The highest BCUT2D eigenvalue weighted by atomic mass is 16.5. The molecule has 0 radical (unpaired) electrons. The Kier molecular flexibility index (Phi) is 5.83. The van der Waals surface area contributed by atoms with Crippen molar-refractivity contribution in [1.29, 1.82) is 0 Å². The van der Waals surface area contributed by atoms with Crippen molar-refractivity contribution in [2.45, 2.75) is 13.5 Å². The third-order valence-electron chi connectivity index (χ3n) is 3.75. The fraction of sp³-hybridized carbons (Fsp3) is 0.143. The summed E-state index contributed by atoms with van der Waals surface area (Å²) in [7, 11) is 0. The predicted molar refractivity (Wildman–Crippen MR) is 103 cm³/mol. The van der Waals surface area contributed by atoms with Crippen molar-refractivity contribution in [3.63, 3.8) is 0 Å². The van der Waals surface area contributed by atoms with Gasteiger partial charge in [-0.05, 0) is 48.9 Å². The number of amides is 1. The molecule has 0 atom stereocenters. The van der Waals surface area contributed by atoms with E-state index in [4.69, 9.17) is 4.74 Å². The lowest BCUT2D eigenvalue weighted by Crippen LogP contribution is -2.23. The van der Waals surface area contributed by atoms with E-state index in [0.29, 0.717) is 18.8 Å². The van der Waals surface area contributed by atoms with Crippen LogP contribution in [0, 0.1) is 0 Å². The maximum absolute atomic E-state index is 12.2. The number of pyridine rings is 1. The number of nitrogens with one attached hydrogen (secondary N) is 2. The van der Waals surface area contributed by atoms with Crippen LogP contribution in [0.3, 0.4) is 0 Å². The van der Waals surface area contributed by atoms with Gasteiger partial charge in [0.1, 0.15) is 11.4 Å². The monoisotopic (exact) mass is 347 g/mol. The van der Waals surface area contributed by atoms with Crippen LogP contribution in [0.15, 0.2) is 72.9 Å². The highest BCUT2D eigenvalue weighted by molar-refractivity contribution is 5.92. The van der Waals surface area contributed by atoms with E-state index in [1.807, 2.05) is 67.6 Å². The molecule has 0 unspecified atom stereocenters. The molecule has 1 aromatic heterocycles. The molecule has 0 saturated heterocycles. The zero-order valence-electron chi connectivity index (χ0n) is 14.6. The molecular formula is C21H21N3O2. The van der Waals surface area contributed by atoms with Crippen LogP contribution in [0.1, 0.15) is 23.0 Å². The molecule has 132 valence electrons. The lowest BCUT2D eigenvalue weighted by Gasteiger charge is -2.09. The summed E-state index contributed by atoms with van der Waals surface area (Å²) in [6.07, 6.45) is 1.65. The number of hydrogen-bond acceptors (Lipinski definition) is 4. The van der Waals surface area contributed by atoms with Gasteiger partial charge in [-0.15, -0.1) is 0 Å². The molecule has 2 aromatic carbocycles. The van der Waals surface area contributed by atoms with Gasteiger partial charge in [-0.1, -0.05) is 30.3 Å². The topological polar surface area (TPSA) is 63.2 Å². The van der Waals surface area contributed by atoms with Crippen molar-refractivity contribution in [1.82, 2.24) is 10.3 Å². The first-order valence-corrected chi connectivity index (χ1v) is 8.52. The smallest absolute Gasteiger partial charge is 0.270 e. The van der Waals surface area contributed by atoms with Gasteiger partial charge < -0.3 is 15.4 Å². The van der Waals surface area contributed by atoms with Gasteiger partial charge in [0, 0.05) is 12.2 Å². The summed E-state index contributed by atoms with van der Waals surface area (Å²) in [6, 6.07) is 21.0. The molecule has 26 heavy (non-hydrogen) atoms. The zero-order valence-corrected chi connectivity index (χ0v) is 14.6. The molecule has 0 bridgehead atoms. The summed E-state index contributed by atoms with van der Waals surface area (Å²) in [5.74, 6) is 0.642. The lowest BCUT2D eigenvalue weighted by molar-refractivity contribution is 0.0946.